The predicted octanol–water partition coefficient (Wildman–Crippen LogP) is 2.55. The average molecular weight is 327 g/mol. The summed E-state index contributed by atoms with van der Waals surface area (Å²) in [7, 11) is 0. The molecule has 0 bridgehead atoms. The predicted molar refractivity (Wildman–Crippen MR) is 92.2 cm³/mol. The van der Waals surface area contributed by atoms with Crippen molar-refractivity contribution in [2.45, 2.75) is 46.1 Å². The zero-order valence-corrected chi connectivity index (χ0v) is 14.5. The van der Waals surface area contributed by atoms with E-state index in [0.717, 1.165) is 62.4 Å². The second-order valence-corrected chi connectivity index (χ2v) is 6.47. The summed E-state index contributed by atoms with van der Waals surface area (Å²) < 4.78 is 2.00. The average Bonchev–Trinajstić information content (AvgIpc) is 3.04. The molecule has 3 heterocycles. The molecule has 0 aromatic carbocycles. The number of hydrogen-bond acceptors (Lipinski definition) is 4. The van der Waals surface area contributed by atoms with E-state index in [4.69, 9.17) is 0 Å². The number of carbonyl (C=O) groups excluding carboxylic acids is 1. The van der Waals surface area contributed by atoms with Gasteiger partial charge in [-0.3, -0.25) is 19.4 Å². The van der Waals surface area contributed by atoms with Crippen molar-refractivity contribution in [1.29, 1.82) is 0 Å². The van der Waals surface area contributed by atoms with E-state index >= 15 is 0 Å². The van der Waals surface area contributed by atoms with Crippen molar-refractivity contribution in [3.8, 4) is 11.4 Å². The second-order valence-electron chi connectivity index (χ2n) is 6.47. The molecule has 0 saturated carbocycles. The van der Waals surface area contributed by atoms with Gasteiger partial charge in [-0.1, -0.05) is 6.92 Å². The number of aryl methyl sites for hydroxylation is 1. The summed E-state index contributed by atoms with van der Waals surface area (Å²) in [4.78, 5) is 22.8. The standard InChI is InChI=1S/C18H25N5O/c1-3-10-23-17(6-7-21-23)18-16(19-8-9-20-18)12-15-5-4-11-22(13-15)14(2)24/h6-9,15H,3-5,10-13H2,1-2H3. The molecule has 1 aliphatic heterocycles. The van der Waals surface area contributed by atoms with Crippen LogP contribution in [0.5, 0.6) is 0 Å². The number of aromatic nitrogens is 4. The number of hydrogen-bond donors (Lipinski definition) is 0. The van der Waals surface area contributed by atoms with E-state index in [9.17, 15) is 4.79 Å². The van der Waals surface area contributed by atoms with Gasteiger partial charge >= 0.3 is 0 Å². The number of nitrogens with zero attached hydrogens (tertiary/aromatic N) is 5. The third-order valence-electron chi connectivity index (χ3n) is 4.61. The van der Waals surface area contributed by atoms with Crippen LogP contribution in [0.2, 0.25) is 0 Å². The first-order valence-corrected chi connectivity index (χ1v) is 8.76. The Balaban J connectivity index is 1.82. The van der Waals surface area contributed by atoms with Crippen molar-refractivity contribution in [2.75, 3.05) is 13.1 Å². The molecule has 1 saturated heterocycles. The number of carbonyl (C=O) groups is 1. The van der Waals surface area contributed by atoms with Crippen LogP contribution >= 0.6 is 0 Å². The number of rotatable bonds is 5. The van der Waals surface area contributed by atoms with Gasteiger partial charge in [0.05, 0.1) is 11.4 Å². The summed E-state index contributed by atoms with van der Waals surface area (Å²) >= 11 is 0. The SMILES string of the molecule is CCCn1nccc1-c1nccnc1CC1CCCN(C(C)=O)C1. The topological polar surface area (TPSA) is 63.9 Å². The van der Waals surface area contributed by atoms with Crippen LogP contribution in [0.1, 0.15) is 38.8 Å². The normalized spacial score (nSPS) is 17.9. The Bertz CT molecular complexity index is 696. The summed E-state index contributed by atoms with van der Waals surface area (Å²) in [6.07, 6.45) is 9.39. The molecule has 24 heavy (non-hydrogen) atoms. The van der Waals surface area contributed by atoms with Crippen LogP contribution in [-0.4, -0.2) is 43.6 Å². The van der Waals surface area contributed by atoms with Crippen molar-refractivity contribution < 1.29 is 4.79 Å². The highest BCUT2D eigenvalue weighted by Gasteiger charge is 2.24. The molecule has 1 fully saturated rings. The van der Waals surface area contributed by atoms with Gasteiger partial charge in [0.15, 0.2) is 0 Å². The van der Waals surface area contributed by atoms with Crippen LogP contribution in [0, 0.1) is 5.92 Å². The Morgan fingerprint density at radius 1 is 1.29 bits per heavy atom. The van der Waals surface area contributed by atoms with E-state index in [2.05, 4.69) is 22.0 Å². The molecule has 0 N–H and O–H groups in total. The van der Waals surface area contributed by atoms with Crippen LogP contribution in [0.4, 0.5) is 0 Å². The highest BCUT2D eigenvalue weighted by molar-refractivity contribution is 5.73. The molecule has 1 unspecified atom stereocenters. The number of amides is 1. The third kappa shape index (κ3) is 3.63. The fourth-order valence-electron chi connectivity index (χ4n) is 3.45. The molecular weight excluding hydrogens is 302 g/mol. The smallest absolute Gasteiger partial charge is 0.219 e. The zero-order chi connectivity index (χ0) is 16.9. The van der Waals surface area contributed by atoms with Crippen LogP contribution in [0.15, 0.2) is 24.7 Å². The van der Waals surface area contributed by atoms with Gasteiger partial charge in [0.25, 0.3) is 0 Å². The lowest BCUT2D eigenvalue weighted by Gasteiger charge is -2.32. The Labute approximate surface area is 142 Å². The van der Waals surface area contributed by atoms with Gasteiger partial charge in [-0.05, 0) is 37.7 Å². The maximum Gasteiger partial charge on any atom is 0.219 e. The lowest BCUT2D eigenvalue weighted by atomic mass is 9.92. The van der Waals surface area contributed by atoms with Crippen LogP contribution in [0.25, 0.3) is 11.4 Å². The Hall–Kier alpha value is -2.24. The lowest BCUT2D eigenvalue weighted by Crippen LogP contribution is -2.39. The van der Waals surface area contributed by atoms with E-state index in [1.807, 2.05) is 21.8 Å². The maximum absolute atomic E-state index is 11.7. The second kappa shape index (κ2) is 7.55. The molecule has 1 amide bonds. The summed E-state index contributed by atoms with van der Waals surface area (Å²) in [6, 6.07) is 2.01. The monoisotopic (exact) mass is 327 g/mol. The van der Waals surface area contributed by atoms with Crippen molar-refractivity contribution in [3.63, 3.8) is 0 Å². The third-order valence-corrected chi connectivity index (χ3v) is 4.61. The first-order chi connectivity index (χ1) is 11.7. The summed E-state index contributed by atoms with van der Waals surface area (Å²) in [5, 5.41) is 4.40. The fraction of sp³-hybridized carbons (Fsp3) is 0.556. The molecule has 0 radical (unpaired) electrons. The van der Waals surface area contributed by atoms with Crippen molar-refractivity contribution in [3.05, 3.63) is 30.4 Å². The molecule has 2 aromatic rings. The van der Waals surface area contributed by atoms with Crippen LogP contribution < -0.4 is 0 Å². The highest BCUT2D eigenvalue weighted by Crippen LogP contribution is 2.25. The molecule has 0 spiro atoms. The molecule has 6 nitrogen and oxygen atoms in total. The Morgan fingerprint density at radius 3 is 2.92 bits per heavy atom. The Kier molecular flexibility index (Phi) is 5.23. The van der Waals surface area contributed by atoms with E-state index in [0.29, 0.717) is 5.92 Å². The minimum Gasteiger partial charge on any atom is -0.343 e. The first kappa shape index (κ1) is 16.6. The van der Waals surface area contributed by atoms with E-state index in [-0.39, 0.29) is 5.91 Å². The number of likely N-dealkylation sites (tertiary alicyclic amines) is 1. The molecule has 1 atom stereocenters. The largest absolute Gasteiger partial charge is 0.343 e. The van der Waals surface area contributed by atoms with Gasteiger partial charge in [-0.2, -0.15) is 5.10 Å². The number of piperidine rings is 1. The zero-order valence-electron chi connectivity index (χ0n) is 14.5. The van der Waals surface area contributed by atoms with E-state index < -0.39 is 0 Å². The van der Waals surface area contributed by atoms with Gasteiger partial charge < -0.3 is 4.90 Å². The molecular formula is C18H25N5O. The van der Waals surface area contributed by atoms with Gasteiger partial charge in [0, 0.05) is 45.1 Å². The molecule has 3 rings (SSSR count). The van der Waals surface area contributed by atoms with E-state index in [1.165, 1.54) is 0 Å². The molecule has 0 aliphatic carbocycles. The molecule has 6 heteroatoms. The summed E-state index contributed by atoms with van der Waals surface area (Å²) in [5.41, 5.74) is 2.95. The van der Waals surface area contributed by atoms with Gasteiger partial charge in [0.1, 0.15) is 5.69 Å². The molecule has 128 valence electrons. The Morgan fingerprint density at radius 2 is 2.12 bits per heavy atom. The lowest BCUT2D eigenvalue weighted by molar-refractivity contribution is -0.130. The quantitative estimate of drug-likeness (QED) is 0.846. The van der Waals surface area contributed by atoms with E-state index in [1.54, 1.807) is 19.3 Å². The minimum atomic E-state index is 0.167. The molecule has 1 aliphatic rings. The van der Waals surface area contributed by atoms with Crippen molar-refractivity contribution >= 4 is 5.91 Å². The highest BCUT2D eigenvalue weighted by atomic mass is 16.2. The summed E-state index contributed by atoms with van der Waals surface area (Å²) in [6.45, 7) is 6.36. The van der Waals surface area contributed by atoms with Crippen molar-refractivity contribution in [2.24, 2.45) is 5.92 Å². The fourth-order valence-corrected chi connectivity index (χ4v) is 3.45. The van der Waals surface area contributed by atoms with Gasteiger partial charge in [-0.25, -0.2) is 0 Å². The van der Waals surface area contributed by atoms with Crippen LogP contribution in [0.3, 0.4) is 0 Å². The minimum absolute atomic E-state index is 0.167. The summed E-state index contributed by atoms with van der Waals surface area (Å²) in [5.74, 6) is 0.612. The van der Waals surface area contributed by atoms with Gasteiger partial charge in [0.2, 0.25) is 5.91 Å². The van der Waals surface area contributed by atoms with Crippen molar-refractivity contribution in [1.82, 2.24) is 24.6 Å². The maximum atomic E-state index is 11.7. The molecule has 2 aromatic heterocycles. The van der Waals surface area contributed by atoms with Gasteiger partial charge in [-0.15, -0.1) is 0 Å². The first-order valence-electron chi connectivity index (χ1n) is 8.76. The van der Waals surface area contributed by atoms with Crippen LogP contribution in [-0.2, 0) is 17.8 Å².